The lowest BCUT2D eigenvalue weighted by Crippen LogP contribution is -2.27. The molecule has 1 heterocycles. The number of rotatable bonds is 4. The highest BCUT2D eigenvalue weighted by molar-refractivity contribution is 9.10. The van der Waals surface area contributed by atoms with E-state index >= 15 is 0 Å². The van der Waals surface area contributed by atoms with E-state index in [9.17, 15) is 14.7 Å². The van der Waals surface area contributed by atoms with Crippen molar-refractivity contribution in [2.45, 2.75) is 0 Å². The van der Waals surface area contributed by atoms with Crippen LogP contribution in [0.3, 0.4) is 0 Å². The summed E-state index contributed by atoms with van der Waals surface area (Å²) in [6.07, 6.45) is 3.08. The van der Waals surface area contributed by atoms with Crippen molar-refractivity contribution in [3.8, 4) is 11.5 Å². The normalized spacial score (nSPS) is 16.7. The van der Waals surface area contributed by atoms with Gasteiger partial charge in [-0.1, -0.05) is 22.0 Å². The summed E-state index contributed by atoms with van der Waals surface area (Å²) in [5.41, 5.74) is 0.633. The largest absolute Gasteiger partial charge is 0.504 e. The minimum Gasteiger partial charge on any atom is -0.504 e. The highest BCUT2D eigenvalue weighted by Crippen LogP contribution is 2.37. The smallest absolute Gasteiger partial charge is 0.293 e. The van der Waals surface area contributed by atoms with Crippen LogP contribution in [0.1, 0.15) is 5.56 Å². The zero-order chi connectivity index (χ0) is 15.6. The van der Waals surface area contributed by atoms with Gasteiger partial charge in [0.25, 0.3) is 11.1 Å². The Labute approximate surface area is 134 Å². The Hall–Kier alpha value is -1.73. The van der Waals surface area contributed by atoms with Crippen LogP contribution in [0.4, 0.5) is 4.79 Å². The third kappa shape index (κ3) is 3.14. The molecule has 5 nitrogen and oxygen atoms in total. The predicted molar refractivity (Wildman–Crippen MR) is 85.2 cm³/mol. The molecule has 0 spiro atoms. The number of phenolic OH excluding ortho intramolecular Hbond substituents is 1. The SMILES string of the molecule is C=CCN1C(=O)S/C(=C/c2cc(OC)c(O)cc2Br)C1=O. The first-order valence-electron chi connectivity index (χ1n) is 5.90. The summed E-state index contributed by atoms with van der Waals surface area (Å²) in [5.74, 6) is -0.0834. The number of methoxy groups -OCH3 is 1. The van der Waals surface area contributed by atoms with Crippen LogP contribution in [0.15, 0.2) is 34.2 Å². The fourth-order valence-electron chi connectivity index (χ4n) is 1.76. The van der Waals surface area contributed by atoms with Crippen molar-refractivity contribution >= 4 is 44.9 Å². The van der Waals surface area contributed by atoms with Gasteiger partial charge in [0, 0.05) is 11.0 Å². The van der Waals surface area contributed by atoms with Gasteiger partial charge >= 0.3 is 0 Å². The van der Waals surface area contributed by atoms with Gasteiger partial charge in [0.15, 0.2) is 11.5 Å². The fourth-order valence-corrected chi connectivity index (χ4v) is 3.05. The van der Waals surface area contributed by atoms with Crippen molar-refractivity contribution in [1.29, 1.82) is 0 Å². The van der Waals surface area contributed by atoms with Gasteiger partial charge in [0.1, 0.15) is 0 Å². The van der Waals surface area contributed by atoms with Gasteiger partial charge in [0.05, 0.1) is 12.0 Å². The first kappa shape index (κ1) is 15.7. The molecule has 1 N–H and O–H groups in total. The van der Waals surface area contributed by atoms with E-state index in [1.54, 1.807) is 12.1 Å². The molecule has 0 bridgehead atoms. The Balaban J connectivity index is 2.39. The van der Waals surface area contributed by atoms with Crippen molar-refractivity contribution in [3.05, 3.63) is 39.7 Å². The molecular formula is C14H12BrNO4S. The molecule has 0 radical (unpaired) electrons. The number of hydrogen-bond acceptors (Lipinski definition) is 5. The summed E-state index contributed by atoms with van der Waals surface area (Å²) in [6, 6.07) is 3.06. The van der Waals surface area contributed by atoms with Crippen molar-refractivity contribution in [3.63, 3.8) is 0 Å². The predicted octanol–water partition coefficient (Wildman–Crippen LogP) is 3.39. The number of carbonyl (C=O) groups is 2. The minimum atomic E-state index is -0.358. The molecule has 2 amide bonds. The number of hydrogen-bond donors (Lipinski definition) is 1. The van der Waals surface area contributed by atoms with Crippen LogP contribution in [0.25, 0.3) is 6.08 Å². The molecule has 0 saturated carbocycles. The van der Waals surface area contributed by atoms with Crippen LogP contribution < -0.4 is 4.74 Å². The maximum atomic E-state index is 12.1. The zero-order valence-corrected chi connectivity index (χ0v) is 13.5. The fraction of sp³-hybridized carbons (Fsp3) is 0.143. The summed E-state index contributed by atoms with van der Waals surface area (Å²) in [7, 11) is 1.44. The maximum Gasteiger partial charge on any atom is 0.293 e. The van der Waals surface area contributed by atoms with Gasteiger partial charge in [0.2, 0.25) is 0 Å². The Kier molecular flexibility index (Phi) is 4.74. The first-order valence-corrected chi connectivity index (χ1v) is 7.51. The van der Waals surface area contributed by atoms with Crippen LogP contribution in [-0.2, 0) is 4.79 Å². The lowest BCUT2D eigenvalue weighted by Gasteiger charge is -2.08. The van der Waals surface area contributed by atoms with Gasteiger partial charge in [-0.25, -0.2) is 0 Å². The molecule has 110 valence electrons. The molecule has 1 saturated heterocycles. The van der Waals surface area contributed by atoms with E-state index in [1.807, 2.05) is 0 Å². The van der Waals surface area contributed by atoms with Crippen LogP contribution in [0.5, 0.6) is 11.5 Å². The molecular weight excluding hydrogens is 358 g/mol. The molecule has 7 heteroatoms. The van der Waals surface area contributed by atoms with E-state index in [0.717, 1.165) is 16.7 Å². The number of imide groups is 1. The molecule has 1 aromatic rings. The number of nitrogens with zero attached hydrogens (tertiary/aromatic N) is 1. The second kappa shape index (κ2) is 6.36. The highest BCUT2D eigenvalue weighted by Gasteiger charge is 2.34. The second-order valence-electron chi connectivity index (χ2n) is 4.13. The molecule has 1 aliphatic rings. The molecule has 0 atom stereocenters. The van der Waals surface area contributed by atoms with Crippen LogP contribution in [-0.4, -0.2) is 34.8 Å². The standard InChI is InChI=1S/C14H12BrNO4S/c1-3-4-16-13(18)12(21-14(16)19)6-8-5-11(20-2)10(17)7-9(8)15/h3,5-7,17H,1,4H2,2H3/b12-6+. The number of thioether (sulfide) groups is 1. The second-order valence-corrected chi connectivity index (χ2v) is 5.97. The summed E-state index contributed by atoms with van der Waals surface area (Å²) >= 11 is 4.17. The van der Waals surface area contributed by atoms with Gasteiger partial charge < -0.3 is 9.84 Å². The summed E-state index contributed by atoms with van der Waals surface area (Å²) in [6.45, 7) is 3.70. The van der Waals surface area contributed by atoms with Crippen LogP contribution >= 0.6 is 27.7 Å². The number of amides is 2. The average Bonchev–Trinajstić information content (AvgIpc) is 2.70. The Bertz CT molecular complexity index is 657. The van der Waals surface area contributed by atoms with Crippen LogP contribution in [0.2, 0.25) is 0 Å². The van der Waals surface area contributed by atoms with Gasteiger partial charge in [-0.2, -0.15) is 0 Å². The van der Waals surface area contributed by atoms with E-state index in [2.05, 4.69) is 22.5 Å². The third-order valence-corrected chi connectivity index (χ3v) is 4.36. The van der Waals surface area contributed by atoms with E-state index in [4.69, 9.17) is 4.74 Å². The van der Waals surface area contributed by atoms with Crippen molar-refractivity contribution < 1.29 is 19.4 Å². The van der Waals surface area contributed by atoms with E-state index < -0.39 is 0 Å². The monoisotopic (exact) mass is 369 g/mol. The minimum absolute atomic E-state index is 0.0127. The number of benzene rings is 1. The van der Waals surface area contributed by atoms with Crippen LogP contribution in [0, 0.1) is 0 Å². The number of carbonyl (C=O) groups excluding carboxylic acids is 2. The summed E-state index contributed by atoms with van der Waals surface area (Å²) < 4.78 is 5.62. The first-order chi connectivity index (χ1) is 9.97. The molecule has 21 heavy (non-hydrogen) atoms. The third-order valence-electron chi connectivity index (χ3n) is 2.77. The maximum absolute atomic E-state index is 12.1. The lowest BCUT2D eigenvalue weighted by atomic mass is 10.2. The van der Waals surface area contributed by atoms with Gasteiger partial charge in [-0.15, -0.1) is 6.58 Å². The van der Waals surface area contributed by atoms with Crippen molar-refractivity contribution in [1.82, 2.24) is 4.90 Å². The Morgan fingerprint density at radius 2 is 2.19 bits per heavy atom. The number of ether oxygens (including phenoxy) is 1. The van der Waals surface area contributed by atoms with Crippen molar-refractivity contribution in [2.75, 3.05) is 13.7 Å². The molecule has 1 aliphatic heterocycles. The highest BCUT2D eigenvalue weighted by atomic mass is 79.9. The summed E-state index contributed by atoms with van der Waals surface area (Å²) in [5, 5.41) is 9.34. The van der Waals surface area contributed by atoms with E-state index in [-0.39, 0.29) is 29.2 Å². The molecule has 1 fully saturated rings. The quantitative estimate of drug-likeness (QED) is 0.650. The van der Waals surface area contributed by atoms with E-state index in [1.165, 1.54) is 19.3 Å². The number of halogens is 1. The molecule has 0 unspecified atom stereocenters. The molecule has 2 rings (SSSR count). The Morgan fingerprint density at radius 3 is 2.81 bits per heavy atom. The van der Waals surface area contributed by atoms with Gasteiger partial charge in [-0.3, -0.25) is 14.5 Å². The molecule has 0 aromatic heterocycles. The summed E-state index contributed by atoms with van der Waals surface area (Å²) in [4.78, 5) is 25.3. The average molecular weight is 370 g/mol. The van der Waals surface area contributed by atoms with E-state index in [0.29, 0.717) is 14.9 Å². The zero-order valence-electron chi connectivity index (χ0n) is 11.1. The van der Waals surface area contributed by atoms with Gasteiger partial charge in [-0.05, 0) is 35.5 Å². The number of phenols is 1. The van der Waals surface area contributed by atoms with Crippen molar-refractivity contribution in [2.24, 2.45) is 0 Å². The topological polar surface area (TPSA) is 66.8 Å². The number of aromatic hydroxyl groups is 1. The Morgan fingerprint density at radius 1 is 1.48 bits per heavy atom. The molecule has 1 aromatic carbocycles. The lowest BCUT2D eigenvalue weighted by molar-refractivity contribution is -0.122. The molecule has 0 aliphatic carbocycles.